The summed E-state index contributed by atoms with van der Waals surface area (Å²) in [5, 5.41) is 12.4. The molecule has 1 aromatic heterocycles. The highest BCUT2D eigenvalue weighted by Crippen LogP contribution is 2.25. The molecule has 36 heavy (non-hydrogen) atoms. The lowest BCUT2D eigenvalue weighted by molar-refractivity contribution is -0.112. The van der Waals surface area contributed by atoms with E-state index in [-0.39, 0.29) is 18.0 Å². The summed E-state index contributed by atoms with van der Waals surface area (Å²) < 4.78 is 21.6. The predicted octanol–water partition coefficient (Wildman–Crippen LogP) is 6.67. The zero-order valence-corrected chi connectivity index (χ0v) is 20.4. The van der Waals surface area contributed by atoms with Gasteiger partial charge in [-0.3, -0.25) is 4.79 Å². The van der Waals surface area contributed by atoms with Crippen molar-refractivity contribution >= 4 is 17.7 Å². The van der Waals surface area contributed by atoms with Gasteiger partial charge in [-0.2, -0.15) is 5.26 Å². The molecule has 6 heteroatoms. The highest BCUT2D eigenvalue weighted by Gasteiger charge is 2.14. The lowest BCUT2D eigenvalue weighted by Crippen LogP contribution is -2.13. The molecule has 0 aliphatic heterocycles. The van der Waals surface area contributed by atoms with E-state index in [0.29, 0.717) is 17.0 Å². The van der Waals surface area contributed by atoms with Gasteiger partial charge in [0.15, 0.2) is 0 Å². The zero-order chi connectivity index (χ0) is 25.7. The van der Waals surface area contributed by atoms with E-state index in [1.165, 1.54) is 6.07 Å². The van der Waals surface area contributed by atoms with Crippen molar-refractivity contribution < 1.29 is 13.9 Å². The normalized spacial score (nSPS) is 11.1. The van der Waals surface area contributed by atoms with E-state index >= 15 is 0 Å². The van der Waals surface area contributed by atoms with Crippen LogP contribution in [-0.4, -0.2) is 10.5 Å². The van der Waals surface area contributed by atoms with Gasteiger partial charge in [-0.15, -0.1) is 0 Å². The number of rotatable bonds is 7. The predicted molar refractivity (Wildman–Crippen MR) is 139 cm³/mol. The van der Waals surface area contributed by atoms with Crippen molar-refractivity contribution in [2.75, 3.05) is 5.32 Å². The minimum Gasteiger partial charge on any atom is -0.489 e. The molecular weight excluding hydrogens is 453 g/mol. The van der Waals surface area contributed by atoms with Gasteiger partial charge in [0.05, 0.1) is 0 Å². The summed E-state index contributed by atoms with van der Waals surface area (Å²) in [5.74, 6) is -0.121. The number of anilines is 1. The highest BCUT2D eigenvalue weighted by molar-refractivity contribution is 6.09. The maximum absolute atomic E-state index is 13.8. The van der Waals surface area contributed by atoms with Crippen molar-refractivity contribution in [1.29, 1.82) is 5.26 Å². The van der Waals surface area contributed by atoms with Gasteiger partial charge < -0.3 is 14.6 Å². The second-order valence-electron chi connectivity index (χ2n) is 8.53. The first-order valence-electron chi connectivity index (χ1n) is 11.5. The fraction of sp³-hybridized carbons (Fsp3) is 0.133. The van der Waals surface area contributed by atoms with Crippen LogP contribution in [0.15, 0.2) is 84.4 Å². The van der Waals surface area contributed by atoms with Crippen LogP contribution < -0.4 is 10.1 Å². The number of nitriles is 1. The summed E-state index contributed by atoms with van der Waals surface area (Å²) in [6.45, 7) is 6.01. The van der Waals surface area contributed by atoms with Gasteiger partial charge in [-0.1, -0.05) is 35.9 Å². The van der Waals surface area contributed by atoms with Gasteiger partial charge in [0, 0.05) is 28.3 Å². The van der Waals surface area contributed by atoms with Crippen LogP contribution in [0.1, 0.15) is 28.1 Å². The Morgan fingerprint density at radius 1 is 1.03 bits per heavy atom. The fourth-order valence-electron chi connectivity index (χ4n) is 3.94. The van der Waals surface area contributed by atoms with Crippen LogP contribution in [0.25, 0.3) is 11.8 Å². The topological polar surface area (TPSA) is 67.0 Å². The molecule has 4 aromatic rings. The number of nitrogens with zero attached hydrogens (tertiary/aromatic N) is 2. The molecule has 1 amide bonds. The lowest BCUT2D eigenvalue weighted by Gasteiger charge is -2.12. The second kappa shape index (κ2) is 10.7. The van der Waals surface area contributed by atoms with Crippen LogP contribution in [0.3, 0.4) is 0 Å². The Morgan fingerprint density at radius 2 is 1.72 bits per heavy atom. The summed E-state index contributed by atoms with van der Waals surface area (Å²) >= 11 is 0. The smallest absolute Gasteiger partial charge is 0.266 e. The van der Waals surface area contributed by atoms with Gasteiger partial charge in [0.2, 0.25) is 0 Å². The van der Waals surface area contributed by atoms with Crippen molar-refractivity contribution in [3.05, 3.63) is 118 Å². The molecule has 0 saturated heterocycles. The molecule has 4 rings (SSSR count). The molecule has 0 unspecified atom stereocenters. The number of carbonyl (C=O) groups excluding carboxylic acids is 1. The van der Waals surface area contributed by atoms with E-state index in [9.17, 15) is 14.4 Å². The maximum Gasteiger partial charge on any atom is 0.266 e. The Balaban J connectivity index is 1.51. The number of hydrogen-bond donors (Lipinski definition) is 1. The van der Waals surface area contributed by atoms with Crippen molar-refractivity contribution in [3.63, 3.8) is 0 Å². The number of hydrogen-bond acceptors (Lipinski definition) is 3. The van der Waals surface area contributed by atoms with Gasteiger partial charge >= 0.3 is 0 Å². The van der Waals surface area contributed by atoms with Crippen LogP contribution in [0.5, 0.6) is 5.75 Å². The summed E-state index contributed by atoms with van der Waals surface area (Å²) in [4.78, 5) is 12.7. The number of benzene rings is 3. The van der Waals surface area contributed by atoms with Crippen LogP contribution in [0.2, 0.25) is 0 Å². The second-order valence-corrected chi connectivity index (χ2v) is 8.53. The van der Waals surface area contributed by atoms with Gasteiger partial charge in [0.1, 0.15) is 29.8 Å². The number of amides is 1. The Kier molecular flexibility index (Phi) is 7.31. The van der Waals surface area contributed by atoms with E-state index < -0.39 is 5.91 Å². The average molecular weight is 480 g/mol. The minimum absolute atomic E-state index is 0.0210. The van der Waals surface area contributed by atoms with Crippen LogP contribution in [-0.2, 0) is 11.4 Å². The molecule has 1 N–H and O–H groups in total. The van der Waals surface area contributed by atoms with Crippen LogP contribution >= 0.6 is 0 Å². The number of nitrogens with one attached hydrogen (secondary N) is 1. The molecule has 0 aliphatic rings. The number of carbonyl (C=O) groups is 1. The monoisotopic (exact) mass is 479 g/mol. The Bertz CT molecular complexity index is 1460. The Hall–Kier alpha value is -4.63. The number of aromatic nitrogens is 1. The van der Waals surface area contributed by atoms with Gasteiger partial charge in [-0.25, -0.2) is 4.39 Å². The maximum atomic E-state index is 13.8. The van der Waals surface area contributed by atoms with E-state index in [1.54, 1.807) is 36.4 Å². The summed E-state index contributed by atoms with van der Waals surface area (Å²) in [5.41, 5.74) is 5.77. The van der Waals surface area contributed by atoms with Crippen LogP contribution in [0.4, 0.5) is 10.1 Å². The quantitative estimate of drug-likeness (QED) is 0.238. The number of halogens is 1. The summed E-state index contributed by atoms with van der Waals surface area (Å²) in [6, 6.07) is 25.4. The first-order valence-corrected chi connectivity index (χ1v) is 11.5. The molecule has 0 bridgehead atoms. The van der Waals surface area contributed by atoms with Crippen molar-refractivity contribution in [3.8, 4) is 17.5 Å². The third-order valence-electron chi connectivity index (χ3n) is 5.89. The standard InChI is InChI=1S/C30H26FN3O2/c1-20-8-10-26(11-9-20)33-30(35)25(18-32)17-24-16-21(2)34(22(24)3)27-12-14-28(15-13-27)36-19-23-6-4-5-7-29(23)31/h4-17H,19H2,1-3H3,(H,33,35). The number of aryl methyl sites for hydroxylation is 2. The first-order chi connectivity index (χ1) is 17.4. The molecule has 180 valence electrons. The molecule has 1 heterocycles. The molecule has 5 nitrogen and oxygen atoms in total. The SMILES string of the molecule is Cc1ccc(NC(=O)C(C#N)=Cc2cc(C)n(-c3ccc(OCc4ccccc4F)cc3)c2C)cc1. The van der Waals surface area contributed by atoms with Crippen molar-refractivity contribution in [2.45, 2.75) is 27.4 Å². The molecule has 0 radical (unpaired) electrons. The van der Waals surface area contributed by atoms with E-state index in [2.05, 4.69) is 5.32 Å². The summed E-state index contributed by atoms with van der Waals surface area (Å²) in [6.07, 6.45) is 1.61. The minimum atomic E-state index is -0.456. The van der Waals surface area contributed by atoms with E-state index in [0.717, 1.165) is 28.2 Å². The summed E-state index contributed by atoms with van der Waals surface area (Å²) in [7, 11) is 0. The molecule has 3 aromatic carbocycles. The Morgan fingerprint density at radius 3 is 2.39 bits per heavy atom. The zero-order valence-electron chi connectivity index (χ0n) is 20.4. The third-order valence-corrected chi connectivity index (χ3v) is 5.89. The number of ether oxygens (including phenoxy) is 1. The van der Waals surface area contributed by atoms with Crippen molar-refractivity contribution in [2.24, 2.45) is 0 Å². The average Bonchev–Trinajstić information content (AvgIpc) is 3.16. The largest absolute Gasteiger partial charge is 0.489 e. The van der Waals surface area contributed by atoms with Crippen LogP contribution in [0, 0.1) is 37.9 Å². The first kappa shape index (κ1) is 24.5. The molecule has 0 saturated carbocycles. The van der Waals surface area contributed by atoms with E-state index in [1.807, 2.05) is 73.9 Å². The molecular formula is C30H26FN3O2. The molecule has 0 atom stereocenters. The molecule has 0 aliphatic carbocycles. The highest BCUT2D eigenvalue weighted by atomic mass is 19.1. The van der Waals surface area contributed by atoms with Crippen molar-refractivity contribution in [1.82, 2.24) is 4.57 Å². The van der Waals surface area contributed by atoms with Gasteiger partial charge in [-0.05, 0) is 80.9 Å². The molecule has 0 spiro atoms. The fourth-order valence-corrected chi connectivity index (χ4v) is 3.94. The Labute approximate surface area is 210 Å². The van der Waals surface area contributed by atoms with E-state index in [4.69, 9.17) is 4.74 Å². The lowest BCUT2D eigenvalue weighted by atomic mass is 10.1. The third kappa shape index (κ3) is 5.53. The van der Waals surface area contributed by atoms with Gasteiger partial charge in [0.25, 0.3) is 5.91 Å². The molecule has 0 fully saturated rings.